The topological polar surface area (TPSA) is 64.6 Å². The number of amides is 1. The third-order valence-corrected chi connectivity index (χ3v) is 7.09. The van der Waals surface area contributed by atoms with E-state index in [0.29, 0.717) is 17.3 Å². The second-order valence-electron chi connectivity index (χ2n) is 9.84. The zero-order valence-electron chi connectivity index (χ0n) is 17.2. The summed E-state index contributed by atoms with van der Waals surface area (Å²) in [5.74, 6) is 2.25. The number of halogens is 1. The molecule has 4 saturated carbocycles. The van der Waals surface area contributed by atoms with Gasteiger partial charge in [0.05, 0.1) is 0 Å². The van der Waals surface area contributed by atoms with E-state index in [4.69, 9.17) is 21.1 Å². The van der Waals surface area contributed by atoms with E-state index < -0.39 is 11.6 Å². The number of ether oxygens (including phenoxy) is 2. The first-order chi connectivity index (χ1) is 13.7. The first-order valence-electron chi connectivity index (χ1n) is 10.6. The molecule has 4 fully saturated rings. The van der Waals surface area contributed by atoms with Crippen LogP contribution < -0.4 is 10.1 Å². The lowest BCUT2D eigenvalue weighted by Gasteiger charge is -2.56. The van der Waals surface area contributed by atoms with Crippen LogP contribution in [-0.4, -0.2) is 30.6 Å². The summed E-state index contributed by atoms with van der Waals surface area (Å²) in [5.41, 5.74) is -0.931. The highest BCUT2D eigenvalue weighted by atomic mass is 35.5. The van der Waals surface area contributed by atoms with Gasteiger partial charge in [-0.15, -0.1) is 0 Å². The molecule has 0 saturated heterocycles. The molecule has 5 nitrogen and oxygen atoms in total. The fourth-order valence-electron chi connectivity index (χ4n) is 5.99. The second kappa shape index (κ2) is 7.82. The molecule has 1 aromatic carbocycles. The average Bonchev–Trinajstić information content (AvgIpc) is 2.65. The molecule has 0 radical (unpaired) electrons. The molecule has 0 aliphatic heterocycles. The summed E-state index contributed by atoms with van der Waals surface area (Å²) in [7, 11) is 0. The summed E-state index contributed by atoms with van der Waals surface area (Å²) in [6.07, 6.45) is 7.86. The van der Waals surface area contributed by atoms with E-state index in [1.54, 1.807) is 38.1 Å². The highest BCUT2D eigenvalue weighted by Crippen LogP contribution is 2.59. The van der Waals surface area contributed by atoms with Crippen molar-refractivity contribution < 1.29 is 19.1 Å². The largest absolute Gasteiger partial charge is 0.476 e. The highest BCUT2D eigenvalue weighted by Gasteiger charge is 2.50. The van der Waals surface area contributed by atoms with Gasteiger partial charge < -0.3 is 14.8 Å². The monoisotopic (exact) mass is 419 g/mol. The fraction of sp³-hybridized carbons (Fsp3) is 0.652. The number of esters is 1. The second-order valence-corrected chi connectivity index (χ2v) is 10.3. The van der Waals surface area contributed by atoms with Gasteiger partial charge in [0.1, 0.15) is 5.75 Å². The molecular formula is C23H30ClNO4. The SMILES string of the molecule is CC(C)(Oc1ccc(Cl)cc1)C(=O)OCC(=O)NCC12CC3CC(CC(C3)C1)C2. The first-order valence-corrected chi connectivity index (χ1v) is 11.0. The predicted molar refractivity (Wildman–Crippen MR) is 111 cm³/mol. The lowest BCUT2D eigenvalue weighted by atomic mass is 9.49. The van der Waals surface area contributed by atoms with Crippen LogP contribution in [0.15, 0.2) is 24.3 Å². The van der Waals surface area contributed by atoms with Crippen LogP contribution in [0.3, 0.4) is 0 Å². The van der Waals surface area contributed by atoms with Crippen LogP contribution in [0.1, 0.15) is 52.4 Å². The molecule has 1 N–H and O–H groups in total. The van der Waals surface area contributed by atoms with E-state index in [1.165, 1.54) is 38.5 Å². The summed E-state index contributed by atoms with van der Waals surface area (Å²) >= 11 is 5.87. The van der Waals surface area contributed by atoms with Crippen molar-refractivity contribution >= 4 is 23.5 Å². The smallest absolute Gasteiger partial charge is 0.350 e. The van der Waals surface area contributed by atoms with Crippen LogP contribution in [0.25, 0.3) is 0 Å². The molecule has 5 rings (SSSR count). The van der Waals surface area contributed by atoms with E-state index in [2.05, 4.69) is 5.32 Å². The van der Waals surface area contributed by atoms with Crippen LogP contribution >= 0.6 is 11.6 Å². The summed E-state index contributed by atoms with van der Waals surface area (Å²) in [6, 6.07) is 6.76. The maximum Gasteiger partial charge on any atom is 0.350 e. The van der Waals surface area contributed by atoms with E-state index in [0.717, 1.165) is 17.8 Å². The molecule has 4 aliphatic rings. The minimum absolute atomic E-state index is 0.239. The van der Waals surface area contributed by atoms with Crippen LogP contribution in [0.2, 0.25) is 5.02 Å². The number of benzene rings is 1. The Labute approximate surface area is 177 Å². The molecule has 4 aliphatic carbocycles. The van der Waals surface area contributed by atoms with Crippen molar-refractivity contribution in [1.29, 1.82) is 0 Å². The van der Waals surface area contributed by atoms with Gasteiger partial charge in [-0.2, -0.15) is 0 Å². The van der Waals surface area contributed by atoms with E-state index in [-0.39, 0.29) is 17.9 Å². The minimum atomic E-state index is -1.20. The molecule has 0 spiro atoms. The number of hydrogen-bond donors (Lipinski definition) is 1. The van der Waals surface area contributed by atoms with Crippen molar-refractivity contribution in [3.63, 3.8) is 0 Å². The lowest BCUT2D eigenvalue weighted by molar-refractivity contribution is -0.162. The first kappa shape index (κ1) is 20.5. The third-order valence-electron chi connectivity index (χ3n) is 6.84. The van der Waals surface area contributed by atoms with Gasteiger partial charge in [-0.25, -0.2) is 4.79 Å². The number of hydrogen-bond acceptors (Lipinski definition) is 4. The summed E-state index contributed by atoms with van der Waals surface area (Å²) < 4.78 is 10.9. The summed E-state index contributed by atoms with van der Waals surface area (Å²) in [6.45, 7) is 3.67. The third kappa shape index (κ3) is 4.71. The van der Waals surface area contributed by atoms with Crippen LogP contribution in [0, 0.1) is 23.2 Å². The number of rotatable bonds is 7. The molecule has 0 atom stereocenters. The van der Waals surface area contributed by atoms with Crippen molar-refractivity contribution in [3.05, 3.63) is 29.3 Å². The Hall–Kier alpha value is -1.75. The van der Waals surface area contributed by atoms with Crippen molar-refractivity contribution in [2.24, 2.45) is 23.2 Å². The number of carbonyl (C=O) groups excluding carboxylic acids is 2. The molecule has 4 bridgehead atoms. The Balaban J connectivity index is 1.24. The van der Waals surface area contributed by atoms with Crippen molar-refractivity contribution in [2.75, 3.05) is 13.2 Å². The standard InChI is InChI=1S/C23H30ClNO4/c1-22(2,29-19-5-3-18(24)4-6-19)21(27)28-13-20(26)25-14-23-10-15-7-16(11-23)9-17(8-15)12-23/h3-6,15-17H,7-14H2,1-2H3,(H,25,26). The van der Waals surface area contributed by atoms with Crippen molar-refractivity contribution in [2.45, 2.75) is 58.0 Å². The van der Waals surface area contributed by atoms with Crippen LogP contribution in [0.5, 0.6) is 5.75 Å². The van der Waals surface area contributed by atoms with Gasteiger partial charge in [0.15, 0.2) is 12.2 Å². The average molecular weight is 420 g/mol. The Morgan fingerprint density at radius 1 is 1.07 bits per heavy atom. The molecule has 6 heteroatoms. The lowest BCUT2D eigenvalue weighted by Crippen LogP contribution is -2.51. The quantitative estimate of drug-likeness (QED) is 0.666. The van der Waals surface area contributed by atoms with E-state index in [1.807, 2.05) is 0 Å². The molecule has 0 aromatic heterocycles. The zero-order valence-corrected chi connectivity index (χ0v) is 18.0. The number of carbonyl (C=O) groups is 2. The maximum absolute atomic E-state index is 12.4. The Morgan fingerprint density at radius 2 is 1.62 bits per heavy atom. The molecule has 0 unspecified atom stereocenters. The predicted octanol–water partition coefficient (Wildman–Crippen LogP) is 4.37. The molecule has 1 amide bonds. The van der Waals surface area contributed by atoms with Gasteiger partial charge in [-0.1, -0.05) is 11.6 Å². The molecule has 158 valence electrons. The summed E-state index contributed by atoms with van der Waals surface area (Å²) in [5, 5.41) is 3.62. The Kier molecular flexibility index (Phi) is 5.54. The molecule has 1 aromatic rings. The van der Waals surface area contributed by atoms with Gasteiger partial charge in [-0.3, -0.25) is 4.79 Å². The Morgan fingerprint density at radius 3 is 2.17 bits per heavy atom. The van der Waals surface area contributed by atoms with Gasteiger partial charge in [0.2, 0.25) is 0 Å². The van der Waals surface area contributed by atoms with E-state index >= 15 is 0 Å². The fourth-order valence-corrected chi connectivity index (χ4v) is 6.11. The minimum Gasteiger partial charge on any atom is -0.476 e. The van der Waals surface area contributed by atoms with Crippen molar-refractivity contribution in [1.82, 2.24) is 5.32 Å². The number of nitrogens with one attached hydrogen (secondary N) is 1. The van der Waals surface area contributed by atoms with Gasteiger partial charge >= 0.3 is 5.97 Å². The normalized spacial score (nSPS) is 30.1. The van der Waals surface area contributed by atoms with Crippen molar-refractivity contribution in [3.8, 4) is 5.75 Å². The molecule has 29 heavy (non-hydrogen) atoms. The van der Waals surface area contributed by atoms with Gasteiger partial charge in [0, 0.05) is 11.6 Å². The van der Waals surface area contributed by atoms with Crippen LogP contribution in [-0.2, 0) is 14.3 Å². The Bertz CT molecular complexity index is 738. The van der Waals surface area contributed by atoms with Gasteiger partial charge in [-0.05, 0) is 99.8 Å². The molecule has 0 heterocycles. The van der Waals surface area contributed by atoms with E-state index in [9.17, 15) is 9.59 Å². The summed E-state index contributed by atoms with van der Waals surface area (Å²) in [4.78, 5) is 24.7. The highest BCUT2D eigenvalue weighted by molar-refractivity contribution is 6.30. The maximum atomic E-state index is 12.4. The zero-order chi connectivity index (χ0) is 20.6. The van der Waals surface area contributed by atoms with Crippen LogP contribution in [0.4, 0.5) is 0 Å². The molecular weight excluding hydrogens is 390 g/mol. The van der Waals surface area contributed by atoms with Gasteiger partial charge in [0.25, 0.3) is 5.91 Å².